The van der Waals surface area contributed by atoms with Crippen molar-refractivity contribution in [2.75, 3.05) is 21.3 Å². The Kier molecular flexibility index (Phi) is 5.03. The van der Waals surface area contributed by atoms with Crippen molar-refractivity contribution in [2.24, 2.45) is 5.41 Å². The third-order valence-electron chi connectivity index (χ3n) is 2.98. The first-order chi connectivity index (χ1) is 8.41. The average molecular weight is 251 g/mol. The highest BCUT2D eigenvalue weighted by atomic mass is 16.5. The second-order valence-corrected chi connectivity index (χ2v) is 5.71. The highest BCUT2D eigenvalue weighted by Gasteiger charge is 2.22. The van der Waals surface area contributed by atoms with Crippen LogP contribution in [0, 0.1) is 5.41 Å². The van der Waals surface area contributed by atoms with Gasteiger partial charge >= 0.3 is 0 Å². The number of hydrogen-bond acceptors (Lipinski definition) is 3. The summed E-state index contributed by atoms with van der Waals surface area (Å²) < 4.78 is 10.7. The molecule has 1 rings (SSSR count). The Labute approximate surface area is 110 Å². The maximum absolute atomic E-state index is 5.45. The molecule has 3 nitrogen and oxygen atoms in total. The Balaban J connectivity index is 3.09. The van der Waals surface area contributed by atoms with E-state index in [1.807, 2.05) is 25.2 Å². The van der Waals surface area contributed by atoms with E-state index in [4.69, 9.17) is 9.47 Å². The normalized spacial score (nSPS) is 13.2. The predicted octanol–water partition coefficient (Wildman–Crippen LogP) is 3.40. The van der Waals surface area contributed by atoms with Crippen LogP contribution in [0.15, 0.2) is 18.2 Å². The predicted molar refractivity (Wildman–Crippen MR) is 75.4 cm³/mol. The molecule has 102 valence electrons. The second kappa shape index (κ2) is 6.10. The van der Waals surface area contributed by atoms with E-state index in [1.54, 1.807) is 14.2 Å². The fourth-order valence-electron chi connectivity index (χ4n) is 2.09. The maximum atomic E-state index is 5.45. The van der Waals surface area contributed by atoms with Crippen molar-refractivity contribution in [2.45, 2.75) is 33.2 Å². The molecule has 1 aromatic carbocycles. The average Bonchev–Trinajstić information content (AvgIpc) is 2.34. The summed E-state index contributed by atoms with van der Waals surface area (Å²) in [4.78, 5) is 0. The van der Waals surface area contributed by atoms with Gasteiger partial charge in [-0.25, -0.2) is 0 Å². The Bertz CT molecular complexity index is 383. The molecule has 0 amide bonds. The van der Waals surface area contributed by atoms with Gasteiger partial charge in [0.15, 0.2) is 0 Å². The van der Waals surface area contributed by atoms with Crippen molar-refractivity contribution in [3.63, 3.8) is 0 Å². The van der Waals surface area contributed by atoms with E-state index in [0.29, 0.717) is 0 Å². The molecule has 0 saturated heterocycles. The zero-order valence-corrected chi connectivity index (χ0v) is 12.3. The molecule has 0 saturated carbocycles. The summed E-state index contributed by atoms with van der Waals surface area (Å²) in [5, 5.41) is 3.37. The van der Waals surface area contributed by atoms with Crippen molar-refractivity contribution < 1.29 is 9.47 Å². The van der Waals surface area contributed by atoms with Crippen LogP contribution in [0.1, 0.15) is 38.8 Å². The molecule has 0 bridgehead atoms. The number of nitrogens with one attached hydrogen (secondary N) is 1. The van der Waals surface area contributed by atoms with E-state index in [0.717, 1.165) is 23.5 Å². The first-order valence-electron chi connectivity index (χ1n) is 6.30. The van der Waals surface area contributed by atoms with Crippen LogP contribution in [0.3, 0.4) is 0 Å². The molecule has 0 spiro atoms. The molecule has 0 aromatic heterocycles. The standard InChI is InChI=1S/C15H25NO2/c1-15(2,3)10-13(16-4)12-9-11(17-5)7-8-14(12)18-6/h7-9,13,16H,10H2,1-6H3. The van der Waals surface area contributed by atoms with Gasteiger partial charge in [0.1, 0.15) is 11.5 Å². The molecule has 0 aliphatic carbocycles. The molecule has 1 aromatic rings. The van der Waals surface area contributed by atoms with Gasteiger partial charge in [0, 0.05) is 11.6 Å². The first kappa shape index (κ1) is 14.8. The van der Waals surface area contributed by atoms with Gasteiger partial charge in [-0.2, -0.15) is 0 Å². The highest BCUT2D eigenvalue weighted by Crippen LogP contribution is 2.35. The van der Waals surface area contributed by atoms with Gasteiger partial charge in [0.2, 0.25) is 0 Å². The Morgan fingerprint density at radius 3 is 2.28 bits per heavy atom. The van der Waals surface area contributed by atoms with E-state index in [9.17, 15) is 0 Å². The molecule has 1 N–H and O–H groups in total. The molecular formula is C15H25NO2. The molecule has 3 heteroatoms. The summed E-state index contributed by atoms with van der Waals surface area (Å²) in [5.41, 5.74) is 1.40. The number of rotatable bonds is 5. The van der Waals surface area contributed by atoms with E-state index >= 15 is 0 Å². The topological polar surface area (TPSA) is 30.5 Å². The molecule has 0 radical (unpaired) electrons. The number of ether oxygens (including phenoxy) is 2. The summed E-state index contributed by atoms with van der Waals surface area (Å²) in [7, 11) is 5.37. The van der Waals surface area contributed by atoms with Gasteiger partial charge in [-0.05, 0) is 37.1 Å². The Hall–Kier alpha value is -1.22. The van der Waals surface area contributed by atoms with Crippen LogP contribution in [-0.4, -0.2) is 21.3 Å². The largest absolute Gasteiger partial charge is 0.497 e. The van der Waals surface area contributed by atoms with E-state index in [2.05, 4.69) is 26.1 Å². The summed E-state index contributed by atoms with van der Waals surface area (Å²) in [5.74, 6) is 1.76. The lowest BCUT2D eigenvalue weighted by molar-refractivity contribution is 0.312. The summed E-state index contributed by atoms with van der Waals surface area (Å²) in [6, 6.07) is 6.19. The fraction of sp³-hybridized carbons (Fsp3) is 0.600. The number of methoxy groups -OCH3 is 2. The summed E-state index contributed by atoms with van der Waals surface area (Å²) >= 11 is 0. The quantitative estimate of drug-likeness (QED) is 0.870. The second-order valence-electron chi connectivity index (χ2n) is 5.71. The lowest BCUT2D eigenvalue weighted by atomic mass is 9.85. The minimum absolute atomic E-state index is 0.252. The number of hydrogen-bond donors (Lipinski definition) is 1. The first-order valence-corrected chi connectivity index (χ1v) is 6.30. The fourth-order valence-corrected chi connectivity index (χ4v) is 2.09. The molecule has 0 fully saturated rings. The van der Waals surface area contributed by atoms with Gasteiger partial charge in [-0.15, -0.1) is 0 Å². The highest BCUT2D eigenvalue weighted by molar-refractivity contribution is 5.42. The smallest absolute Gasteiger partial charge is 0.123 e. The molecule has 0 aliphatic heterocycles. The lowest BCUT2D eigenvalue weighted by Gasteiger charge is -2.27. The van der Waals surface area contributed by atoms with Crippen LogP contribution in [0.25, 0.3) is 0 Å². The minimum atomic E-state index is 0.252. The van der Waals surface area contributed by atoms with Gasteiger partial charge in [-0.1, -0.05) is 20.8 Å². The summed E-state index contributed by atoms with van der Waals surface area (Å²) in [6.07, 6.45) is 1.03. The Morgan fingerprint density at radius 1 is 1.17 bits per heavy atom. The SMILES string of the molecule is CNC(CC(C)(C)C)c1cc(OC)ccc1OC. The van der Waals surface area contributed by atoms with Gasteiger partial charge in [0.25, 0.3) is 0 Å². The van der Waals surface area contributed by atoms with Crippen LogP contribution < -0.4 is 14.8 Å². The van der Waals surface area contributed by atoms with E-state index in [-0.39, 0.29) is 11.5 Å². The van der Waals surface area contributed by atoms with Crippen LogP contribution in [0.5, 0.6) is 11.5 Å². The van der Waals surface area contributed by atoms with Gasteiger partial charge in [-0.3, -0.25) is 0 Å². The van der Waals surface area contributed by atoms with Gasteiger partial charge < -0.3 is 14.8 Å². The molecule has 0 heterocycles. The van der Waals surface area contributed by atoms with Crippen molar-refractivity contribution >= 4 is 0 Å². The monoisotopic (exact) mass is 251 g/mol. The van der Waals surface area contributed by atoms with E-state index < -0.39 is 0 Å². The minimum Gasteiger partial charge on any atom is -0.497 e. The number of benzene rings is 1. The third kappa shape index (κ3) is 3.91. The van der Waals surface area contributed by atoms with Crippen molar-refractivity contribution in [3.05, 3.63) is 23.8 Å². The molecule has 0 aliphatic rings. The van der Waals surface area contributed by atoms with Crippen LogP contribution in [0.2, 0.25) is 0 Å². The van der Waals surface area contributed by atoms with Crippen molar-refractivity contribution in [3.8, 4) is 11.5 Å². The van der Waals surface area contributed by atoms with Gasteiger partial charge in [0.05, 0.1) is 14.2 Å². The van der Waals surface area contributed by atoms with Crippen molar-refractivity contribution in [1.82, 2.24) is 5.32 Å². The zero-order chi connectivity index (χ0) is 13.8. The summed E-state index contributed by atoms with van der Waals surface area (Å²) in [6.45, 7) is 6.72. The zero-order valence-electron chi connectivity index (χ0n) is 12.3. The van der Waals surface area contributed by atoms with Crippen LogP contribution in [-0.2, 0) is 0 Å². The third-order valence-corrected chi connectivity index (χ3v) is 2.98. The van der Waals surface area contributed by atoms with Crippen LogP contribution >= 0.6 is 0 Å². The Morgan fingerprint density at radius 2 is 1.83 bits per heavy atom. The van der Waals surface area contributed by atoms with E-state index in [1.165, 1.54) is 0 Å². The molecule has 1 atom stereocenters. The molecule has 18 heavy (non-hydrogen) atoms. The van der Waals surface area contributed by atoms with Crippen LogP contribution in [0.4, 0.5) is 0 Å². The maximum Gasteiger partial charge on any atom is 0.123 e. The van der Waals surface area contributed by atoms with Crippen molar-refractivity contribution in [1.29, 1.82) is 0 Å². The lowest BCUT2D eigenvalue weighted by Crippen LogP contribution is -2.23. The molecular weight excluding hydrogens is 226 g/mol. The molecule has 1 unspecified atom stereocenters.